The Kier molecular flexibility index (Phi) is 4.44. The van der Waals surface area contributed by atoms with Gasteiger partial charge in [0, 0.05) is 25.0 Å². The van der Waals surface area contributed by atoms with Gasteiger partial charge in [0.25, 0.3) is 5.91 Å². The lowest BCUT2D eigenvalue weighted by Crippen LogP contribution is -2.51. The average molecular weight is 339 g/mol. The molecule has 1 aliphatic carbocycles. The number of hydrogen-bond donors (Lipinski definition) is 1. The van der Waals surface area contributed by atoms with Crippen molar-refractivity contribution >= 4 is 15.7 Å². The van der Waals surface area contributed by atoms with Gasteiger partial charge < -0.3 is 14.7 Å². The molecule has 1 aromatic carbocycles. The highest BCUT2D eigenvalue weighted by Gasteiger charge is 2.42. The summed E-state index contributed by atoms with van der Waals surface area (Å²) < 4.78 is 28.7. The molecule has 1 N–H and O–H groups in total. The van der Waals surface area contributed by atoms with Gasteiger partial charge in [-0.25, -0.2) is 8.42 Å². The summed E-state index contributed by atoms with van der Waals surface area (Å²) in [5.41, 5.74) is 0.477. The number of ether oxygens (including phenoxy) is 1. The monoisotopic (exact) mass is 339 g/mol. The molecule has 0 aromatic heterocycles. The molecule has 3 rings (SSSR count). The summed E-state index contributed by atoms with van der Waals surface area (Å²) in [7, 11) is -3.27. The van der Waals surface area contributed by atoms with E-state index in [9.17, 15) is 18.3 Å². The van der Waals surface area contributed by atoms with Crippen LogP contribution in [0.25, 0.3) is 0 Å². The summed E-state index contributed by atoms with van der Waals surface area (Å²) in [6, 6.07) is 6.03. The van der Waals surface area contributed by atoms with Crippen molar-refractivity contribution in [1.29, 1.82) is 0 Å². The number of aliphatic hydroxyl groups excluding tert-OH is 1. The molecule has 1 aromatic rings. The van der Waals surface area contributed by atoms with Crippen LogP contribution in [-0.4, -0.2) is 62.5 Å². The third kappa shape index (κ3) is 3.27. The van der Waals surface area contributed by atoms with Crippen LogP contribution in [-0.2, 0) is 14.6 Å². The topological polar surface area (TPSA) is 83.9 Å². The lowest BCUT2D eigenvalue weighted by molar-refractivity contribution is -0.0448. The third-order valence-electron chi connectivity index (χ3n) is 4.68. The van der Waals surface area contributed by atoms with Crippen molar-refractivity contribution in [2.24, 2.45) is 5.92 Å². The summed E-state index contributed by atoms with van der Waals surface area (Å²) in [6.45, 7) is 1.12. The Bertz CT molecular complexity index is 685. The third-order valence-corrected chi connectivity index (χ3v) is 5.81. The van der Waals surface area contributed by atoms with Crippen molar-refractivity contribution in [2.75, 3.05) is 26.0 Å². The van der Waals surface area contributed by atoms with Gasteiger partial charge in [-0.1, -0.05) is 0 Å². The second kappa shape index (κ2) is 6.22. The molecule has 6 nitrogen and oxygen atoms in total. The van der Waals surface area contributed by atoms with Gasteiger partial charge in [0.05, 0.1) is 23.6 Å². The zero-order valence-corrected chi connectivity index (χ0v) is 13.8. The fourth-order valence-electron chi connectivity index (χ4n) is 3.46. The molecule has 1 saturated heterocycles. The number of amides is 1. The number of aliphatic hydroxyl groups is 1. The smallest absolute Gasteiger partial charge is 0.254 e. The van der Waals surface area contributed by atoms with Crippen molar-refractivity contribution in [3.8, 4) is 0 Å². The Morgan fingerprint density at radius 1 is 1.30 bits per heavy atom. The Hall–Kier alpha value is -1.44. The molecule has 1 heterocycles. The number of carbonyl (C=O) groups excluding carboxylic acids is 1. The summed E-state index contributed by atoms with van der Waals surface area (Å²) >= 11 is 0. The number of sulfone groups is 1. The zero-order chi connectivity index (χ0) is 16.6. The molecule has 0 radical (unpaired) electrons. The molecule has 3 atom stereocenters. The molecular formula is C16H21NO5S. The van der Waals surface area contributed by atoms with Gasteiger partial charge in [-0.3, -0.25) is 4.79 Å². The molecular weight excluding hydrogens is 318 g/mol. The van der Waals surface area contributed by atoms with Gasteiger partial charge in [-0.05, 0) is 43.0 Å². The maximum absolute atomic E-state index is 12.8. The van der Waals surface area contributed by atoms with E-state index in [1.165, 1.54) is 12.1 Å². The molecule has 1 aliphatic heterocycles. The summed E-state index contributed by atoms with van der Waals surface area (Å²) in [6.07, 6.45) is 2.65. The normalized spacial score (nSPS) is 27.7. The zero-order valence-electron chi connectivity index (χ0n) is 13.0. The molecule has 7 heteroatoms. The predicted molar refractivity (Wildman–Crippen MR) is 83.9 cm³/mol. The van der Waals surface area contributed by atoms with E-state index in [4.69, 9.17) is 4.74 Å². The van der Waals surface area contributed by atoms with Crippen LogP contribution in [0.15, 0.2) is 29.2 Å². The molecule has 0 bridgehead atoms. The minimum absolute atomic E-state index is 0.0111. The van der Waals surface area contributed by atoms with Crippen LogP contribution in [0.1, 0.15) is 23.2 Å². The predicted octanol–water partition coefficient (Wildman–Crippen LogP) is 0.702. The van der Waals surface area contributed by atoms with E-state index >= 15 is 0 Å². The maximum atomic E-state index is 12.8. The van der Waals surface area contributed by atoms with Crippen LogP contribution in [0.4, 0.5) is 0 Å². The first-order valence-corrected chi connectivity index (χ1v) is 9.63. The first kappa shape index (κ1) is 16.4. The first-order valence-electron chi connectivity index (χ1n) is 7.73. The van der Waals surface area contributed by atoms with Crippen LogP contribution in [0.5, 0.6) is 0 Å². The lowest BCUT2D eigenvalue weighted by Gasteiger charge is -2.37. The fourth-order valence-corrected chi connectivity index (χ4v) is 4.09. The van der Waals surface area contributed by atoms with Gasteiger partial charge in [0.15, 0.2) is 9.84 Å². The van der Waals surface area contributed by atoms with Crippen molar-refractivity contribution in [3.05, 3.63) is 29.8 Å². The molecule has 1 saturated carbocycles. The van der Waals surface area contributed by atoms with Crippen LogP contribution < -0.4 is 0 Å². The molecule has 126 valence electrons. The second-order valence-corrected chi connectivity index (χ2v) is 8.31. The van der Waals surface area contributed by atoms with Crippen molar-refractivity contribution in [1.82, 2.24) is 4.90 Å². The quantitative estimate of drug-likeness (QED) is 0.876. The Labute approximate surface area is 136 Å². The molecule has 1 unspecified atom stereocenters. The number of rotatable bonds is 3. The SMILES string of the molecule is CS(=O)(=O)c1ccc(C(=O)N2CCOC3C[C@H](CO)C[C@@H]32)cc1. The van der Waals surface area contributed by atoms with Gasteiger partial charge in [0.2, 0.25) is 0 Å². The van der Waals surface area contributed by atoms with Crippen molar-refractivity contribution in [3.63, 3.8) is 0 Å². The first-order chi connectivity index (χ1) is 10.9. The molecule has 0 spiro atoms. The number of fused-ring (bicyclic) bond motifs is 1. The van der Waals surface area contributed by atoms with Crippen LogP contribution in [0.3, 0.4) is 0 Å². The minimum Gasteiger partial charge on any atom is -0.396 e. The number of hydrogen-bond acceptors (Lipinski definition) is 5. The van der Waals surface area contributed by atoms with Crippen molar-refractivity contribution in [2.45, 2.75) is 29.9 Å². The van der Waals surface area contributed by atoms with Crippen LogP contribution >= 0.6 is 0 Å². The molecule has 2 aliphatic rings. The fraction of sp³-hybridized carbons (Fsp3) is 0.562. The molecule has 1 amide bonds. The average Bonchev–Trinajstić information content (AvgIpc) is 2.96. The van der Waals surface area contributed by atoms with Crippen LogP contribution in [0.2, 0.25) is 0 Å². The lowest BCUT2D eigenvalue weighted by atomic mass is 10.1. The number of nitrogens with zero attached hydrogens (tertiary/aromatic N) is 1. The standard InChI is InChI=1S/C16H21NO5S/c1-23(20,21)13-4-2-12(3-5-13)16(19)17-6-7-22-15-9-11(10-18)8-14(15)17/h2-5,11,14-15,18H,6-10H2,1H3/t11-,14+,15?/m1/s1. The number of carbonyl (C=O) groups is 1. The van der Waals surface area contributed by atoms with E-state index in [2.05, 4.69) is 0 Å². The van der Waals surface area contributed by atoms with Gasteiger partial charge >= 0.3 is 0 Å². The second-order valence-electron chi connectivity index (χ2n) is 6.29. The van der Waals surface area contributed by atoms with Crippen molar-refractivity contribution < 1.29 is 23.1 Å². The van der Waals surface area contributed by atoms with E-state index in [0.717, 1.165) is 19.1 Å². The van der Waals surface area contributed by atoms with Gasteiger partial charge in [0.1, 0.15) is 0 Å². The Balaban J connectivity index is 1.79. The summed E-state index contributed by atoms with van der Waals surface area (Å²) in [5, 5.41) is 9.35. The maximum Gasteiger partial charge on any atom is 0.254 e. The van der Waals surface area contributed by atoms with E-state index in [0.29, 0.717) is 18.7 Å². The summed E-state index contributed by atoms with van der Waals surface area (Å²) in [4.78, 5) is 14.8. The van der Waals surface area contributed by atoms with E-state index in [-0.39, 0.29) is 35.5 Å². The number of morpholine rings is 1. The highest BCUT2D eigenvalue weighted by Crippen LogP contribution is 2.34. The largest absolute Gasteiger partial charge is 0.396 e. The van der Waals surface area contributed by atoms with E-state index in [1.807, 2.05) is 0 Å². The highest BCUT2D eigenvalue weighted by atomic mass is 32.2. The Morgan fingerprint density at radius 3 is 2.61 bits per heavy atom. The minimum atomic E-state index is -3.27. The van der Waals surface area contributed by atoms with Gasteiger partial charge in [-0.15, -0.1) is 0 Å². The highest BCUT2D eigenvalue weighted by molar-refractivity contribution is 7.90. The van der Waals surface area contributed by atoms with E-state index in [1.54, 1.807) is 17.0 Å². The van der Waals surface area contributed by atoms with E-state index < -0.39 is 9.84 Å². The Morgan fingerprint density at radius 2 is 2.00 bits per heavy atom. The molecule has 2 fully saturated rings. The van der Waals surface area contributed by atoms with Crippen LogP contribution in [0, 0.1) is 5.92 Å². The van der Waals surface area contributed by atoms with Gasteiger partial charge in [-0.2, -0.15) is 0 Å². The molecule has 23 heavy (non-hydrogen) atoms. The summed E-state index contributed by atoms with van der Waals surface area (Å²) in [5.74, 6) is 0.0629. The number of benzene rings is 1.